The van der Waals surface area contributed by atoms with Gasteiger partial charge < -0.3 is 4.79 Å². The van der Waals surface area contributed by atoms with Gasteiger partial charge in [0.2, 0.25) is 0 Å². The Kier molecular flexibility index (Phi) is 3.36. The van der Waals surface area contributed by atoms with E-state index in [2.05, 4.69) is 59.7 Å². The van der Waals surface area contributed by atoms with Gasteiger partial charge in [-0.15, -0.1) is 0 Å². The largest absolute Gasteiger partial charge is 0.303 e. The topological polar surface area (TPSA) is 17.1 Å². The molecule has 120 valence electrons. The Morgan fingerprint density at radius 2 is 1.64 bits per heavy atom. The normalized spacial score (nSPS) is 34.8. The van der Waals surface area contributed by atoms with Crippen LogP contribution in [0.15, 0.2) is 18.2 Å². The average molecular weight is 298 g/mol. The fourth-order valence-corrected chi connectivity index (χ4v) is 4.88. The first kappa shape index (κ1) is 15.8. The first-order valence-corrected chi connectivity index (χ1v) is 8.79. The van der Waals surface area contributed by atoms with Crippen molar-refractivity contribution in [2.45, 2.75) is 77.0 Å². The Labute approximate surface area is 135 Å². The van der Waals surface area contributed by atoms with Crippen LogP contribution in [-0.4, -0.2) is 6.29 Å². The van der Waals surface area contributed by atoms with E-state index in [1.165, 1.54) is 35.8 Å². The van der Waals surface area contributed by atoms with E-state index in [4.69, 9.17) is 0 Å². The molecule has 3 atom stereocenters. The fraction of sp³-hybridized carbons (Fsp3) is 0.667. The molecule has 2 aliphatic rings. The van der Waals surface area contributed by atoms with Gasteiger partial charge in [0.05, 0.1) is 0 Å². The Morgan fingerprint density at radius 1 is 1.05 bits per heavy atom. The van der Waals surface area contributed by atoms with Gasteiger partial charge in [0, 0.05) is 11.3 Å². The van der Waals surface area contributed by atoms with E-state index in [9.17, 15) is 4.79 Å². The van der Waals surface area contributed by atoms with Gasteiger partial charge in [-0.1, -0.05) is 66.2 Å². The van der Waals surface area contributed by atoms with Crippen molar-refractivity contribution in [3.63, 3.8) is 0 Å². The van der Waals surface area contributed by atoms with Crippen LogP contribution >= 0.6 is 0 Å². The molecule has 2 aliphatic carbocycles. The zero-order valence-electron chi connectivity index (χ0n) is 15.0. The molecule has 22 heavy (non-hydrogen) atoms. The summed E-state index contributed by atoms with van der Waals surface area (Å²) >= 11 is 0. The van der Waals surface area contributed by atoms with Gasteiger partial charge in [-0.25, -0.2) is 0 Å². The predicted molar refractivity (Wildman–Crippen MR) is 92.4 cm³/mol. The second-order valence-corrected chi connectivity index (χ2v) is 8.99. The number of hydrogen-bond acceptors (Lipinski definition) is 1. The second kappa shape index (κ2) is 4.69. The molecule has 0 bridgehead atoms. The Morgan fingerprint density at radius 3 is 2.14 bits per heavy atom. The molecule has 0 spiro atoms. The summed E-state index contributed by atoms with van der Waals surface area (Å²) in [4.78, 5) is 11.4. The van der Waals surface area contributed by atoms with Crippen LogP contribution in [0, 0.1) is 11.8 Å². The summed E-state index contributed by atoms with van der Waals surface area (Å²) in [6.07, 6.45) is 4.76. The molecule has 0 radical (unpaired) electrons. The third-order valence-corrected chi connectivity index (χ3v) is 6.85. The van der Waals surface area contributed by atoms with Crippen LogP contribution in [0.3, 0.4) is 0 Å². The highest BCUT2D eigenvalue weighted by atomic mass is 16.1. The highest BCUT2D eigenvalue weighted by Crippen LogP contribution is 2.61. The lowest BCUT2D eigenvalue weighted by Gasteiger charge is -2.42. The lowest BCUT2D eigenvalue weighted by Crippen LogP contribution is -2.34. The minimum atomic E-state index is 0.0587. The first-order chi connectivity index (χ1) is 10.2. The van der Waals surface area contributed by atoms with Gasteiger partial charge in [0.25, 0.3) is 0 Å². The molecule has 1 heteroatoms. The quantitative estimate of drug-likeness (QED) is 0.705. The summed E-state index contributed by atoms with van der Waals surface area (Å²) in [7, 11) is 0. The third kappa shape index (κ3) is 2.01. The van der Waals surface area contributed by atoms with Gasteiger partial charge >= 0.3 is 0 Å². The maximum atomic E-state index is 11.4. The van der Waals surface area contributed by atoms with Gasteiger partial charge in [0.15, 0.2) is 0 Å². The molecule has 1 saturated carbocycles. The molecule has 3 rings (SSSR count). The van der Waals surface area contributed by atoms with Crippen molar-refractivity contribution in [1.29, 1.82) is 0 Å². The molecule has 0 amide bonds. The van der Waals surface area contributed by atoms with Crippen molar-refractivity contribution in [1.82, 2.24) is 0 Å². The van der Waals surface area contributed by atoms with Gasteiger partial charge in [0.1, 0.15) is 6.29 Å². The summed E-state index contributed by atoms with van der Waals surface area (Å²) < 4.78 is 0. The van der Waals surface area contributed by atoms with E-state index in [0.717, 1.165) is 6.42 Å². The number of rotatable bonds is 3. The molecular formula is C21H30O. The minimum absolute atomic E-state index is 0.0587. The van der Waals surface area contributed by atoms with Gasteiger partial charge in [-0.05, 0) is 46.3 Å². The number of benzene rings is 1. The number of fused-ring (bicyclic) bond motifs is 1. The molecular weight excluding hydrogens is 268 g/mol. The van der Waals surface area contributed by atoms with Crippen LogP contribution in [0.5, 0.6) is 0 Å². The second-order valence-electron chi connectivity index (χ2n) is 8.99. The van der Waals surface area contributed by atoms with Gasteiger partial charge in [-0.3, -0.25) is 0 Å². The van der Waals surface area contributed by atoms with Crippen LogP contribution in [0.1, 0.15) is 77.5 Å². The standard InChI is InChI=1S/C21H30O/c1-7-15-18(13-22)21(15,6)14-8-9-16-17(12-14)20(4,5)11-10-19(16,2)3/h8-9,12-13,15,18H,7,10-11H2,1-6H3/t15-,18+,21-/m1/s1. The van der Waals surface area contributed by atoms with Gasteiger partial charge in [-0.2, -0.15) is 0 Å². The predicted octanol–water partition coefficient (Wildman–Crippen LogP) is 5.15. The number of hydrogen-bond donors (Lipinski definition) is 0. The van der Waals surface area contributed by atoms with Crippen molar-refractivity contribution in [2.75, 3.05) is 0 Å². The highest BCUT2D eigenvalue weighted by Gasteiger charge is 2.61. The lowest BCUT2D eigenvalue weighted by atomic mass is 9.62. The molecule has 0 saturated heterocycles. The van der Waals surface area contributed by atoms with Crippen LogP contribution in [-0.2, 0) is 21.0 Å². The zero-order valence-corrected chi connectivity index (χ0v) is 15.0. The van der Waals surface area contributed by atoms with Crippen molar-refractivity contribution >= 4 is 6.29 Å². The summed E-state index contributed by atoms with van der Waals surface area (Å²) in [5, 5.41) is 0. The number of carbonyl (C=O) groups excluding carboxylic acids is 1. The monoisotopic (exact) mass is 298 g/mol. The SMILES string of the molecule is CC[C@@H]1[C@H](C=O)[C@]1(C)c1ccc2c(c1)C(C)(C)CCC2(C)C. The van der Waals surface area contributed by atoms with Crippen molar-refractivity contribution in [3.8, 4) is 0 Å². The smallest absolute Gasteiger partial charge is 0.124 e. The minimum Gasteiger partial charge on any atom is -0.303 e. The molecule has 1 aromatic carbocycles. The average Bonchev–Trinajstić information content (AvgIpc) is 3.09. The van der Waals surface area contributed by atoms with E-state index in [1.54, 1.807) is 0 Å². The number of carbonyl (C=O) groups is 1. The molecule has 0 aliphatic heterocycles. The zero-order chi connectivity index (χ0) is 16.3. The Hall–Kier alpha value is -1.11. The third-order valence-electron chi connectivity index (χ3n) is 6.85. The van der Waals surface area contributed by atoms with Crippen molar-refractivity contribution in [2.24, 2.45) is 11.8 Å². The molecule has 1 aromatic rings. The first-order valence-electron chi connectivity index (χ1n) is 8.79. The summed E-state index contributed by atoms with van der Waals surface area (Å²) in [6.45, 7) is 14.0. The maximum Gasteiger partial charge on any atom is 0.124 e. The molecule has 1 nitrogen and oxygen atoms in total. The van der Waals surface area contributed by atoms with E-state index >= 15 is 0 Å². The maximum absolute atomic E-state index is 11.4. The van der Waals surface area contributed by atoms with Crippen LogP contribution in [0.2, 0.25) is 0 Å². The van der Waals surface area contributed by atoms with Crippen molar-refractivity contribution in [3.05, 3.63) is 34.9 Å². The van der Waals surface area contributed by atoms with E-state index < -0.39 is 0 Å². The van der Waals surface area contributed by atoms with E-state index in [1.807, 2.05) is 0 Å². The number of aldehydes is 1. The van der Waals surface area contributed by atoms with E-state index in [-0.39, 0.29) is 22.2 Å². The van der Waals surface area contributed by atoms with Crippen molar-refractivity contribution < 1.29 is 4.79 Å². The molecule has 0 aromatic heterocycles. The summed E-state index contributed by atoms with van der Waals surface area (Å²) in [6, 6.07) is 7.08. The Balaban J connectivity index is 2.10. The molecule has 1 fully saturated rings. The van der Waals surface area contributed by atoms with Crippen LogP contribution in [0.25, 0.3) is 0 Å². The fourth-order valence-electron chi connectivity index (χ4n) is 4.88. The van der Waals surface area contributed by atoms with Crippen LogP contribution < -0.4 is 0 Å². The van der Waals surface area contributed by atoms with E-state index in [0.29, 0.717) is 5.92 Å². The molecule has 0 heterocycles. The molecule has 0 unspecified atom stereocenters. The summed E-state index contributed by atoms with van der Waals surface area (Å²) in [5.74, 6) is 0.720. The molecule has 0 N–H and O–H groups in total. The van der Waals surface area contributed by atoms with Crippen LogP contribution in [0.4, 0.5) is 0 Å². The Bertz CT molecular complexity index is 610. The summed E-state index contributed by atoms with van der Waals surface area (Å²) in [5.41, 5.74) is 4.96. The lowest BCUT2D eigenvalue weighted by molar-refractivity contribution is -0.109. The highest BCUT2D eigenvalue weighted by molar-refractivity contribution is 5.66.